The first-order valence-corrected chi connectivity index (χ1v) is 10.7. The van der Waals surface area contributed by atoms with Gasteiger partial charge < -0.3 is 9.84 Å². The Morgan fingerprint density at radius 2 is 1.86 bits per heavy atom. The minimum absolute atomic E-state index is 0.0154. The number of aryl methyl sites for hydroxylation is 1. The Kier molecular flexibility index (Phi) is 5.87. The van der Waals surface area contributed by atoms with E-state index in [0.29, 0.717) is 35.6 Å². The number of alkyl halides is 2. The molecule has 0 saturated carbocycles. The van der Waals surface area contributed by atoms with E-state index in [2.05, 4.69) is 30.4 Å². The highest BCUT2D eigenvalue weighted by molar-refractivity contribution is 5.59. The van der Waals surface area contributed by atoms with Gasteiger partial charge in [0, 0.05) is 43.0 Å². The maximum Gasteiger partial charge on any atom is 0.333 e. The summed E-state index contributed by atoms with van der Waals surface area (Å²) in [4.78, 5) is 8.43. The van der Waals surface area contributed by atoms with Crippen LogP contribution in [0.1, 0.15) is 17.8 Å². The quantitative estimate of drug-likeness (QED) is 0.339. The van der Waals surface area contributed by atoms with Crippen LogP contribution in [-0.4, -0.2) is 57.9 Å². The highest BCUT2D eigenvalue weighted by Gasteiger charge is 2.40. The van der Waals surface area contributed by atoms with Gasteiger partial charge in [-0.1, -0.05) is 18.2 Å². The number of fused-ring (bicyclic) bond motifs is 1. The molecule has 5 aromatic rings. The lowest BCUT2D eigenvalue weighted by atomic mass is 10.0. The standard InChI is InChI=1S/C23H20F2N8O2/c1-32-14-16(11-28-32)19-6-7-20-29-30-22(33(20)31-19)23(24,25)17-5-2-4-15(10-17)21-26-12-18(13-27-21)35-9-3-8-34/h2,4-7,10-14,34H,3,8-9H2,1H3. The van der Waals surface area contributed by atoms with Crippen LogP contribution in [0.15, 0.2) is 61.2 Å². The van der Waals surface area contributed by atoms with Crippen molar-refractivity contribution in [3.8, 4) is 28.4 Å². The minimum atomic E-state index is -3.50. The van der Waals surface area contributed by atoms with Crippen molar-refractivity contribution in [1.82, 2.24) is 39.6 Å². The maximum absolute atomic E-state index is 15.7. The van der Waals surface area contributed by atoms with E-state index in [0.717, 1.165) is 4.52 Å². The summed E-state index contributed by atoms with van der Waals surface area (Å²) in [7, 11) is 1.76. The van der Waals surface area contributed by atoms with Crippen LogP contribution in [0.4, 0.5) is 8.78 Å². The smallest absolute Gasteiger partial charge is 0.333 e. The molecule has 0 atom stereocenters. The number of halogens is 2. The van der Waals surface area contributed by atoms with Crippen molar-refractivity contribution in [3.05, 3.63) is 72.6 Å². The van der Waals surface area contributed by atoms with Crippen LogP contribution in [0.2, 0.25) is 0 Å². The number of benzene rings is 1. The molecule has 35 heavy (non-hydrogen) atoms. The molecule has 4 heterocycles. The fourth-order valence-corrected chi connectivity index (χ4v) is 3.47. The Bertz CT molecular complexity index is 1470. The molecule has 1 N–H and O–H groups in total. The topological polar surface area (TPSA) is 116 Å². The monoisotopic (exact) mass is 478 g/mol. The van der Waals surface area contributed by atoms with Gasteiger partial charge in [0.25, 0.3) is 0 Å². The van der Waals surface area contributed by atoms with Crippen molar-refractivity contribution in [2.75, 3.05) is 13.2 Å². The summed E-state index contributed by atoms with van der Waals surface area (Å²) in [6.07, 6.45) is 6.74. The first kappa shape index (κ1) is 22.5. The number of hydrogen-bond donors (Lipinski definition) is 1. The van der Waals surface area contributed by atoms with E-state index in [1.165, 1.54) is 30.6 Å². The Morgan fingerprint density at radius 3 is 2.60 bits per heavy atom. The second kappa shape index (κ2) is 9.14. The van der Waals surface area contributed by atoms with Crippen LogP contribution in [-0.2, 0) is 13.0 Å². The first-order valence-electron chi connectivity index (χ1n) is 10.7. The summed E-state index contributed by atoms with van der Waals surface area (Å²) in [6.45, 7) is 0.339. The van der Waals surface area contributed by atoms with Crippen molar-refractivity contribution >= 4 is 5.65 Å². The fourth-order valence-electron chi connectivity index (χ4n) is 3.47. The van der Waals surface area contributed by atoms with Crippen LogP contribution >= 0.6 is 0 Å². The molecule has 0 fully saturated rings. The van der Waals surface area contributed by atoms with Crippen molar-refractivity contribution in [2.24, 2.45) is 7.05 Å². The molecule has 0 radical (unpaired) electrons. The number of aliphatic hydroxyl groups excluding tert-OH is 1. The van der Waals surface area contributed by atoms with Gasteiger partial charge in [0.2, 0.25) is 5.82 Å². The van der Waals surface area contributed by atoms with Gasteiger partial charge in [-0.3, -0.25) is 4.68 Å². The summed E-state index contributed by atoms with van der Waals surface area (Å²) in [5.74, 6) is -3.41. The SMILES string of the molecule is Cn1cc(-c2ccc3nnc(C(F)(F)c4cccc(-c5ncc(OCCCO)cn5)c4)n3n2)cn1. The first-order chi connectivity index (χ1) is 17.0. The Hall–Kier alpha value is -4.32. The molecule has 10 nitrogen and oxygen atoms in total. The van der Waals surface area contributed by atoms with E-state index in [1.807, 2.05) is 0 Å². The summed E-state index contributed by atoms with van der Waals surface area (Å²) in [5.41, 5.74) is 1.45. The Labute approximate surface area is 197 Å². The van der Waals surface area contributed by atoms with E-state index in [9.17, 15) is 0 Å². The van der Waals surface area contributed by atoms with E-state index < -0.39 is 11.7 Å². The van der Waals surface area contributed by atoms with Crippen LogP contribution in [0.5, 0.6) is 5.75 Å². The second-order valence-corrected chi connectivity index (χ2v) is 7.74. The fraction of sp³-hybridized carbons (Fsp3) is 0.217. The van der Waals surface area contributed by atoms with Crippen molar-refractivity contribution < 1.29 is 18.6 Å². The largest absolute Gasteiger partial charge is 0.490 e. The summed E-state index contributed by atoms with van der Waals surface area (Å²) in [6, 6.07) is 9.03. The summed E-state index contributed by atoms with van der Waals surface area (Å²) < 4.78 is 39.4. The van der Waals surface area contributed by atoms with Gasteiger partial charge in [-0.05, 0) is 18.2 Å². The van der Waals surface area contributed by atoms with Gasteiger partial charge in [0.15, 0.2) is 17.2 Å². The number of hydrogen-bond acceptors (Lipinski definition) is 8. The number of aromatic nitrogens is 8. The highest BCUT2D eigenvalue weighted by Crippen LogP contribution is 2.36. The van der Waals surface area contributed by atoms with E-state index in [-0.39, 0.29) is 23.6 Å². The number of nitrogens with zero attached hydrogens (tertiary/aromatic N) is 8. The van der Waals surface area contributed by atoms with E-state index in [1.54, 1.807) is 42.3 Å². The molecule has 12 heteroatoms. The van der Waals surface area contributed by atoms with Gasteiger partial charge in [0.1, 0.15) is 0 Å². The lowest BCUT2D eigenvalue weighted by molar-refractivity contribution is 0.0306. The average molecular weight is 478 g/mol. The molecule has 0 saturated heterocycles. The molecule has 4 aromatic heterocycles. The van der Waals surface area contributed by atoms with Crippen molar-refractivity contribution in [3.63, 3.8) is 0 Å². The third kappa shape index (κ3) is 4.43. The lowest BCUT2D eigenvalue weighted by Gasteiger charge is -2.15. The zero-order valence-electron chi connectivity index (χ0n) is 18.6. The number of rotatable bonds is 8. The minimum Gasteiger partial charge on any atom is -0.490 e. The van der Waals surface area contributed by atoms with Crippen LogP contribution in [0.25, 0.3) is 28.3 Å². The highest BCUT2D eigenvalue weighted by atomic mass is 19.3. The van der Waals surface area contributed by atoms with Crippen molar-refractivity contribution in [1.29, 1.82) is 0 Å². The molecular weight excluding hydrogens is 458 g/mol. The Morgan fingerprint density at radius 1 is 1.03 bits per heavy atom. The van der Waals surface area contributed by atoms with Gasteiger partial charge >= 0.3 is 5.92 Å². The van der Waals surface area contributed by atoms with Gasteiger partial charge in [-0.25, -0.2) is 9.97 Å². The second-order valence-electron chi connectivity index (χ2n) is 7.74. The molecule has 0 bridgehead atoms. The third-order valence-electron chi connectivity index (χ3n) is 5.23. The maximum atomic E-state index is 15.7. The molecule has 0 spiro atoms. The number of ether oxygens (including phenoxy) is 1. The van der Waals surface area contributed by atoms with Crippen LogP contribution in [0.3, 0.4) is 0 Å². The number of aliphatic hydroxyl groups is 1. The zero-order chi connectivity index (χ0) is 24.4. The molecule has 0 unspecified atom stereocenters. The van der Waals surface area contributed by atoms with Gasteiger partial charge in [-0.2, -0.15) is 23.5 Å². The predicted molar refractivity (Wildman–Crippen MR) is 121 cm³/mol. The van der Waals surface area contributed by atoms with Crippen LogP contribution in [0, 0.1) is 0 Å². The Balaban J connectivity index is 1.47. The van der Waals surface area contributed by atoms with Gasteiger partial charge in [0.05, 0.1) is 30.9 Å². The molecule has 0 amide bonds. The zero-order valence-corrected chi connectivity index (χ0v) is 18.6. The summed E-state index contributed by atoms with van der Waals surface area (Å²) in [5, 5.41) is 24.9. The third-order valence-corrected chi connectivity index (χ3v) is 5.23. The predicted octanol–water partition coefficient (Wildman–Crippen LogP) is 2.88. The van der Waals surface area contributed by atoms with E-state index >= 15 is 8.78 Å². The van der Waals surface area contributed by atoms with Crippen LogP contribution < -0.4 is 4.74 Å². The average Bonchev–Trinajstić information content (AvgIpc) is 3.51. The normalized spacial score (nSPS) is 11.8. The molecule has 0 aliphatic heterocycles. The molecule has 1 aromatic carbocycles. The summed E-state index contributed by atoms with van der Waals surface area (Å²) >= 11 is 0. The van der Waals surface area contributed by atoms with Gasteiger partial charge in [-0.15, -0.1) is 10.2 Å². The molecule has 178 valence electrons. The molecule has 0 aliphatic carbocycles. The molecule has 0 aliphatic rings. The molecule has 5 rings (SSSR count). The van der Waals surface area contributed by atoms with E-state index in [4.69, 9.17) is 9.84 Å². The lowest BCUT2D eigenvalue weighted by Crippen LogP contribution is -2.20. The molecular formula is C23H20F2N8O2. The van der Waals surface area contributed by atoms with Crippen molar-refractivity contribution in [2.45, 2.75) is 12.3 Å².